The van der Waals surface area contributed by atoms with Gasteiger partial charge in [-0.05, 0) is 83.7 Å². The van der Waals surface area contributed by atoms with Crippen LogP contribution in [0.5, 0.6) is 0 Å². The van der Waals surface area contributed by atoms with Crippen molar-refractivity contribution in [1.82, 2.24) is 15.0 Å². The van der Waals surface area contributed by atoms with E-state index in [0.717, 1.165) is 58.0 Å². The second-order valence-electron chi connectivity index (χ2n) is 16.2. The number of rotatable bonds is 8. The van der Waals surface area contributed by atoms with Crippen molar-refractivity contribution >= 4 is 11.4 Å². The zero-order valence-corrected chi connectivity index (χ0v) is 28.6. The van der Waals surface area contributed by atoms with Crippen LogP contribution in [-0.2, 0) is 10.8 Å². The van der Waals surface area contributed by atoms with Crippen molar-refractivity contribution in [3.8, 4) is 34.2 Å². The molecule has 13 rings (SSSR count). The van der Waals surface area contributed by atoms with Crippen molar-refractivity contribution in [3.05, 3.63) is 151 Å². The van der Waals surface area contributed by atoms with E-state index in [2.05, 4.69) is 108 Å². The van der Waals surface area contributed by atoms with Gasteiger partial charge in [0.05, 0.1) is 0 Å². The molecule has 0 amide bonds. The Morgan fingerprint density at radius 1 is 0.392 bits per heavy atom. The van der Waals surface area contributed by atoms with Gasteiger partial charge in [0.2, 0.25) is 0 Å². The highest BCUT2D eigenvalue weighted by atomic mass is 15.2. The molecular formula is C47H40N4. The molecule has 0 bridgehead atoms. The normalized spacial score (nSPS) is 31.6. The van der Waals surface area contributed by atoms with E-state index < -0.39 is 0 Å². The average Bonchev–Trinajstić information content (AvgIpc) is 3.22. The molecule has 0 radical (unpaired) electrons. The number of para-hydroxylation sites is 1. The van der Waals surface area contributed by atoms with E-state index in [4.69, 9.17) is 15.0 Å². The highest BCUT2D eigenvalue weighted by Crippen LogP contribution is 3.09. The van der Waals surface area contributed by atoms with Crippen LogP contribution in [0, 0.1) is 35.5 Å². The monoisotopic (exact) mass is 660 g/mol. The molecule has 0 spiro atoms. The molecule has 4 nitrogen and oxygen atoms in total. The van der Waals surface area contributed by atoms with Crippen molar-refractivity contribution in [3.63, 3.8) is 0 Å². The second kappa shape index (κ2) is 10.3. The van der Waals surface area contributed by atoms with Gasteiger partial charge < -0.3 is 4.90 Å². The molecule has 7 aliphatic rings. The molecule has 7 saturated carbocycles. The van der Waals surface area contributed by atoms with Crippen LogP contribution in [0.4, 0.5) is 11.4 Å². The summed E-state index contributed by atoms with van der Waals surface area (Å²) >= 11 is 0. The molecule has 0 saturated heterocycles. The Kier molecular flexibility index (Phi) is 5.75. The van der Waals surface area contributed by atoms with Crippen LogP contribution in [0.15, 0.2) is 140 Å². The zero-order valence-electron chi connectivity index (χ0n) is 28.6. The molecule has 0 aliphatic heterocycles. The summed E-state index contributed by atoms with van der Waals surface area (Å²) in [6.07, 6.45) is 6.65. The van der Waals surface area contributed by atoms with Crippen LogP contribution >= 0.6 is 0 Å². The molecule has 7 fully saturated rings. The van der Waals surface area contributed by atoms with Crippen molar-refractivity contribution in [2.45, 2.75) is 49.0 Å². The first kappa shape index (κ1) is 28.6. The van der Waals surface area contributed by atoms with Gasteiger partial charge in [-0.3, -0.25) is 0 Å². The molecule has 1 aromatic heterocycles. The van der Waals surface area contributed by atoms with E-state index in [0.29, 0.717) is 28.5 Å². The number of anilines is 2. The zero-order chi connectivity index (χ0) is 33.3. The van der Waals surface area contributed by atoms with Gasteiger partial charge in [0.15, 0.2) is 17.5 Å². The van der Waals surface area contributed by atoms with E-state index in [1.165, 1.54) is 43.5 Å². The first-order chi connectivity index (χ1) is 25.3. The van der Waals surface area contributed by atoms with E-state index in [9.17, 15) is 0 Å². The summed E-state index contributed by atoms with van der Waals surface area (Å²) in [5.41, 5.74) is 9.89. The van der Waals surface area contributed by atoms with Gasteiger partial charge in [0, 0.05) is 44.9 Å². The Morgan fingerprint density at radius 2 is 0.765 bits per heavy atom. The number of nitrogens with zero attached hydrogens (tertiary/aromatic N) is 4. The summed E-state index contributed by atoms with van der Waals surface area (Å²) in [7, 11) is 0. The number of benzene rings is 5. The summed E-state index contributed by atoms with van der Waals surface area (Å²) in [4.78, 5) is 17.5. The van der Waals surface area contributed by atoms with Crippen molar-refractivity contribution in [1.29, 1.82) is 0 Å². The number of hydrogen-bond acceptors (Lipinski definition) is 4. The molecule has 51 heavy (non-hydrogen) atoms. The number of hydrogen-bond donors (Lipinski definition) is 0. The first-order valence-corrected chi connectivity index (χ1v) is 19.2. The van der Waals surface area contributed by atoms with Crippen molar-refractivity contribution < 1.29 is 0 Å². The summed E-state index contributed by atoms with van der Waals surface area (Å²) < 4.78 is 0. The minimum atomic E-state index is 0.439. The second-order valence-corrected chi connectivity index (χ2v) is 16.2. The first-order valence-electron chi connectivity index (χ1n) is 19.2. The Bertz CT molecular complexity index is 2170. The molecule has 0 unspecified atom stereocenters. The van der Waals surface area contributed by atoms with Gasteiger partial charge >= 0.3 is 0 Å². The Hall–Kier alpha value is -5.09. The number of aromatic nitrogens is 3. The Balaban J connectivity index is 0.811. The molecule has 0 N–H and O–H groups in total. The fourth-order valence-electron chi connectivity index (χ4n) is 12.9. The Labute approximate surface area is 299 Å². The molecule has 0 atom stereocenters. The lowest BCUT2D eigenvalue weighted by atomic mass is 8.91. The van der Waals surface area contributed by atoms with E-state index in [1.807, 2.05) is 36.4 Å². The summed E-state index contributed by atoms with van der Waals surface area (Å²) in [5.74, 6) is 7.44. The van der Waals surface area contributed by atoms with Crippen LogP contribution in [0.1, 0.15) is 43.2 Å². The molecule has 248 valence electrons. The predicted octanol–water partition coefficient (Wildman–Crippen LogP) is 10.3. The summed E-state index contributed by atoms with van der Waals surface area (Å²) in [6.45, 7) is 0. The van der Waals surface area contributed by atoms with Crippen molar-refractivity contribution in [2.24, 2.45) is 35.5 Å². The fraction of sp³-hybridized carbons (Fsp3) is 0.298. The van der Waals surface area contributed by atoms with Crippen LogP contribution in [0.2, 0.25) is 0 Å². The maximum absolute atomic E-state index is 4.98. The average molecular weight is 661 g/mol. The molecule has 1 heterocycles. The Morgan fingerprint density at radius 3 is 1.22 bits per heavy atom. The lowest BCUT2D eigenvalue weighted by Gasteiger charge is -3.12. The van der Waals surface area contributed by atoms with E-state index >= 15 is 0 Å². The lowest BCUT2D eigenvalue weighted by molar-refractivity contribution is -0.596. The lowest BCUT2D eigenvalue weighted by Crippen LogP contribution is -3.12. The molecule has 5 aromatic carbocycles. The van der Waals surface area contributed by atoms with Crippen LogP contribution < -0.4 is 4.90 Å². The maximum Gasteiger partial charge on any atom is 0.164 e. The SMILES string of the molecule is c1ccc(-c2nc(-c3ccccc3)nc(-c3ccc(C45C6C7C4C4C5C6C74c4ccc(N(c5ccccc5)C5CCCCC5)cc4)cc3)n2)cc1. The topological polar surface area (TPSA) is 41.9 Å². The highest BCUT2D eigenvalue weighted by molar-refractivity contribution is 5.72. The third-order valence-corrected chi connectivity index (χ3v) is 14.6. The fourth-order valence-corrected chi connectivity index (χ4v) is 12.9. The third kappa shape index (κ3) is 3.45. The van der Waals surface area contributed by atoms with Gasteiger partial charge in [-0.1, -0.05) is 135 Å². The predicted molar refractivity (Wildman–Crippen MR) is 202 cm³/mol. The standard InChI is InChI=1S/C47H40N4/c1-5-13-29(14-6-1)43-48-44(30-15-7-2-8-16-30)50-45(49-43)31-21-23-32(24-22-31)46-37-40-38(46)42-39(46)41(37)47(40,42)33-25-27-36(28-26-33)51(34-17-9-3-10-18-34)35-19-11-4-12-20-35/h1-3,5-10,13-18,21-28,35,37-42H,4,11-12,19-20H2. The van der Waals surface area contributed by atoms with E-state index in [-0.39, 0.29) is 0 Å². The summed E-state index contributed by atoms with van der Waals surface area (Å²) in [6, 6.07) is 51.5. The molecule has 4 heteroatoms. The van der Waals surface area contributed by atoms with Gasteiger partial charge in [-0.25, -0.2) is 15.0 Å². The smallest absolute Gasteiger partial charge is 0.164 e. The minimum Gasteiger partial charge on any atom is -0.338 e. The van der Waals surface area contributed by atoms with Gasteiger partial charge in [0.25, 0.3) is 0 Å². The van der Waals surface area contributed by atoms with E-state index in [1.54, 1.807) is 11.1 Å². The third-order valence-electron chi connectivity index (χ3n) is 14.6. The van der Waals surface area contributed by atoms with Crippen LogP contribution in [0.25, 0.3) is 34.2 Å². The highest BCUT2D eigenvalue weighted by Gasteiger charge is 3.09. The van der Waals surface area contributed by atoms with Crippen molar-refractivity contribution in [2.75, 3.05) is 4.90 Å². The van der Waals surface area contributed by atoms with Gasteiger partial charge in [-0.15, -0.1) is 0 Å². The summed E-state index contributed by atoms with van der Waals surface area (Å²) in [5, 5.41) is 0. The van der Waals surface area contributed by atoms with Gasteiger partial charge in [-0.2, -0.15) is 0 Å². The quantitative estimate of drug-likeness (QED) is 0.163. The van der Waals surface area contributed by atoms with Crippen LogP contribution in [0.3, 0.4) is 0 Å². The molecule has 7 aliphatic carbocycles. The molecule has 6 aromatic rings. The van der Waals surface area contributed by atoms with Crippen LogP contribution in [-0.4, -0.2) is 21.0 Å². The molecular weight excluding hydrogens is 621 g/mol. The van der Waals surface area contributed by atoms with Gasteiger partial charge in [0.1, 0.15) is 0 Å². The maximum atomic E-state index is 4.98. The minimum absolute atomic E-state index is 0.439. The largest absolute Gasteiger partial charge is 0.338 e.